The van der Waals surface area contributed by atoms with Gasteiger partial charge in [-0.15, -0.1) is 0 Å². The molecule has 4 rings (SSSR count). The number of nitrogens with zero attached hydrogens (tertiary/aromatic N) is 3. The van der Waals surface area contributed by atoms with Crippen molar-refractivity contribution in [2.24, 2.45) is 16.7 Å². The van der Waals surface area contributed by atoms with Crippen LogP contribution in [0.3, 0.4) is 0 Å². The second-order valence-electron chi connectivity index (χ2n) is 6.01. The van der Waals surface area contributed by atoms with Crippen molar-refractivity contribution in [3.05, 3.63) is 0 Å². The average molecular weight is 284 g/mol. The first kappa shape index (κ1) is 13.9. The molecule has 0 aromatic carbocycles. The molecule has 3 heterocycles. The summed E-state index contributed by atoms with van der Waals surface area (Å²) >= 11 is 0. The summed E-state index contributed by atoms with van der Waals surface area (Å²) in [4.78, 5) is 0. The zero-order valence-electron chi connectivity index (χ0n) is 11.8. The van der Waals surface area contributed by atoms with Crippen LogP contribution in [0.15, 0.2) is 0 Å². The number of fused-ring (bicyclic) bond motifs is 2. The molecule has 0 aromatic rings. The lowest BCUT2D eigenvalue weighted by Crippen LogP contribution is -2.75. The molecule has 21 heavy (non-hydrogen) atoms. The van der Waals surface area contributed by atoms with Gasteiger partial charge in [0.25, 0.3) is 0 Å². The van der Waals surface area contributed by atoms with Crippen molar-refractivity contribution < 1.29 is 9.47 Å². The minimum atomic E-state index is -1.63. The van der Waals surface area contributed by atoms with E-state index in [1.54, 1.807) is 0 Å². The third-order valence-electron chi connectivity index (χ3n) is 5.30. The normalized spacial score (nSPS) is 42.9. The second kappa shape index (κ2) is 4.20. The minimum Gasteiger partial charge on any atom is -0.447 e. The highest BCUT2D eigenvalue weighted by Crippen LogP contribution is 2.66. The number of hydrogen-bond acceptors (Lipinski definition) is 6. The van der Waals surface area contributed by atoms with Gasteiger partial charge in [0.05, 0.1) is 30.2 Å². The first-order valence-corrected chi connectivity index (χ1v) is 7.26. The van der Waals surface area contributed by atoms with Crippen LogP contribution in [0.4, 0.5) is 0 Å². The monoisotopic (exact) mass is 284 g/mol. The Kier molecular flexibility index (Phi) is 2.77. The van der Waals surface area contributed by atoms with Crippen LogP contribution in [-0.2, 0) is 9.47 Å². The highest BCUT2D eigenvalue weighted by molar-refractivity contribution is 5.88. The van der Waals surface area contributed by atoms with Crippen LogP contribution < -0.4 is 0 Å². The van der Waals surface area contributed by atoms with Crippen molar-refractivity contribution in [3.63, 3.8) is 0 Å². The molecule has 3 saturated heterocycles. The molecule has 1 aliphatic carbocycles. The van der Waals surface area contributed by atoms with Crippen molar-refractivity contribution in [1.29, 1.82) is 21.2 Å². The second-order valence-corrected chi connectivity index (χ2v) is 6.01. The molecule has 108 valence electrons. The van der Waals surface area contributed by atoms with Crippen LogP contribution in [0.1, 0.15) is 39.0 Å². The zero-order valence-corrected chi connectivity index (χ0v) is 11.8. The molecule has 4 fully saturated rings. The van der Waals surface area contributed by atoms with E-state index in [0.717, 1.165) is 12.8 Å². The Balaban J connectivity index is 2.31. The predicted molar refractivity (Wildman–Crippen MR) is 70.4 cm³/mol. The summed E-state index contributed by atoms with van der Waals surface area (Å²) in [5.41, 5.74) is -3.20. The maximum absolute atomic E-state index is 9.80. The van der Waals surface area contributed by atoms with E-state index >= 15 is 0 Å². The van der Waals surface area contributed by atoms with Gasteiger partial charge in [0.1, 0.15) is 0 Å². The Bertz CT molecular complexity index is 611. The third kappa shape index (κ3) is 1.26. The molecule has 1 N–H and O–H groups in total. The van der Waals surface area contributed by atoms with Gasteiger partial charge in [-0.1, -0.05) is 13.3 Å². The quantitative estimate of drug-likeness (QED) is 0.793. The number of nitriles is 3. The predicted octanol–water partition coefficient (Wildman–Crippen LogP) is 2.23. The van der Waals surface area contributed by atoms with Crippen molar-refractivity contribution in [2.45, 2.75) is 50.9 Å². The van der Waals surface area contributed by atoms with Gasteiger partial charge < -0.3 is 9.47 Å². The summed E-state index contributed by atoms with van der Waals surface area (Å²) in [6.07, 6.45) is 2.70. The molecule has 1 spiro atoms. The first-order valence-electron chi connectivity index (χ1n) is 7.26. The third-order valence-corrected chi connectivity index (χ3v) is 5.30. The lowest BCUT2D eigenvalue weighted by atomic mass is 9.48. The van der Waals surface area contributed by atoms with Crippen LogP contribution in [0, 0.1) is 56.2 Å². The molecular weight excluding hydrogens is 268 g/mol. The van der Waals surface area contributed by atoms with E-state index in [1.807, 2.05) is 6.92 Å². The Morgan fingerprint density at radius 2 is 1.95 bits per heavy atom. The van der Waals surface area contributed by atoms with Crippen LogP contribution in [-0.4, -0.2) is 17.8 Å². The first-order chi connectivity index (χ1) is 10.1. The van der Waals surface area contributed by atoms with Crippen LogP contribution in [0.25, 0.3) is 0 Å². The lowest BCUT2D eigenvalue weighted by molar-refractivity contribution is -0.357. The fourth-order valence-electron chi connectivity index (χ4n) is 4.34. The maximum atomic E-state index is 9.80. The number of ether oxygens (including phenoxy) is 2. The summed E-state index contributed by atoms with van der Waals surface area (Å²) in [6.45, 7) is 1.84. The topological polar surface area (TPSA) is 114 Å². The van der Waals surface area contributed by atoms with E-state index in [0.29, 0.717) is 19.3 Å². The molecule has 4 aliphatic rings. The maximum Gasteiger partial charge on any atom is 0.217 e. The Hall–Kier alpha value is -2.10. The van der Waals surface area contributed by atoms with E-state index in [-0.39, 0.29) is 5.90 Å². The Morgan fingerprint density at radius 3 is 2.52 bits per heavy atom. The van der Waals surface area contributed by atoms with Gasteiger partial charge in [-0.2, -0.15) is 15.8 Å². The molecule has 4 atom stereocenters. The number of hydrogen-bond donors (Lipinski definition) is 1. The summed E-state index contributed by atoms with van der Waals surface area (Å²) < 4.78 is 11.8. The fraction of sp³-hybridized carbons (Fsp3) is 0.733. The Morgan fingerprint density at radius 1 is 1.24 bits per heavy atom. The minimum absolute atomic E-state index is 0.274. The summed E-state index contributed by atoms with van der Waals surface area (Å²) in [7, 11) is 0. The van der Waals surface area contributed by atoms with Gasteiger partial charge in [0.2, 0.25) is 11.7 Å². The largest absolute Gasteiger partial charge is 0.447 e. The van der Waals surface area contributed by atoms with Gasteiger partial charge >= 0.3 is 0 Å². The van der Waals surface area contributed by atoms with Crippen molar-refractivity contribution in [2.75, 3.05) is 0 Å². The molecule has 3 aliphatic heterocycles. The zero-order chi connectivity index (χ0) is 15.3. The van der Waals surface area contributed by atoms with Crippen LogP contribution in [0.5, 0.6) is 0 Å². The summed E-state index contributed by atoms with van der Waals surface area (Å²) in [6, 6.07) is 6.25. The molecule has 0 unspecified atom stereocenters. The van der Waals surface area contributed by atoms with Crippen molar-refractivity contribution >= 4 is 5.90 Å². The highest BCUT2D eigenvalue weighted by atomic mass is 16.7. The van der Waals surface area contributed by atoms with Crippen LogP contribution in [0.2, 0.25) is 0 Å². The molecule has 0 aromatic heterocycles. The van der Waals surface area contributed by atoms with E-state index in [2.05, 4.69) is 18.2 Å². The summed E-state index contributed by atoms with van der Waals surface area (Å²) in [5, 5.41) is 37.6. The molecule has 6 heteroatoms. The smallest absolute Gasteiger partial charge is 0.217 e. The van der Waals surface area contributed by atoms with Crippen molar-refractivity contribution in [3.8, 4) is 18.2 Å². The van der Waals surface area contributed by atoms with Gasteiger partial charge in [0.15, 0.2) is 10.8 Å². The molecule has 2 bridgehead atoms. The number of nitrogens with one attached hydrogen (secondary N) is 1. The molecule has 1 saturated carbocycles. The molecule has 6 nitrogen and oxygen atoms in total. The van der Waals surface area contributed by atoms with Gasteiger partial charge in [-0.05, 0) is 19.3 Å². The number of rotatable bonds is 1. The van der Waals surface area contributed by atoms with E-state index in [1.165, 1.54) is 0 Å². The standard InChI is InChI=1S/C15H16N4O2/c1-2-11-14(9-18)12(19)21-15(20-11)6-4-3-5-10(15)13(14,7-16)8-17/h10-11,19H,2-6H2,1H3/t10-,11+,14+,15+/m0/s1. The van der Waals surface area contributed by atoms with Crippen LogP contribution >= 0.6 is 0 Å². The Labute approximate surface area is 123 Å². The van der Waals surface area contributed by atoms with E-state index < -0.39 is 28.6 Å². The lowest BCUT2D eigenvalue weighted by Gasteiger charge is -2.63. The van der Waals surface area contributed by atoms with Gasteiger partial charge in [-0.3, -0.25) is 5.41 Å². The van der Waals surface area contributed by atoms with Gasteiger partial charge in [0, 0.05) is 6.42 Å². The van der Waals surface area contributed by atoms with E-state index in [4.69, 9.17) is 14.9 Å². The molecule has 0 radical (unpaired) electrons. The molecule has 0 amide bonds. The average Bonchev–Trinajstić information content (AvgIpc) is 2.52. The van der Waals surface area contributed by atoms with Gasteiger partial charge in [-0.25, -0.2) is 0 Å². The summed E-state index contributed by atoms with van der Waals surface area (Å²) in [5.74, 6) is -1.84. The fourth-order valence-corrected chi connectivity index (χ4v) is 4.34. The van der Waals surface area contributed by atoms with Crippen molar-refractivity contribution in [1.82, 2.24) is 0 Å². The molecular formula is C15H16N4O2. The SMILES string of the molecule is CC[C@H]1O[C@@]23CCCC[C@H]2C(C#N)(C#N)[C@@]1(C#N)C(=N)O3. The highest BCUT2D eigenvalue weighted by Gasteiger charge is 2.79. The van der Waals surface area contributed by atoms with E-state index in [9.17, 15) is 15.8 Å².